The van der Waals surface area contributed by atoms with E-state index in [1.807, 2.05) is 31.2 Å². The smallest absolute Gasteiger partial charge is 0.307 e. The van der Waals surface area contributed by atoms with Crippen molar-refractivity contribution in [2.45, 2.75) is 26.3 Å². The number of benzene rings is 1. The van der Waals surface area contributed by atoms with Crippen molar-refractivity contribution < 1.29 is 14.6 Å². The molecule has 0 spiro atoms. The highest BCUT2D eigenvalue weighted by atomic mass is 32.1. The zero-order valence-corrected chi connectivity index (χ0v) is 12.6. The number of thiazole rings is 1. The van der Waals surface area contributed by atoms with Crippen molar-refractivity contribution in [2.75, 3.05) is 6.61 Å². The van der Waals surface area contributed by atoms with Crippen LogP contribution in [0.2, 0.25) is 0 Å². The van der Waals surface area contributed by atoms with E-state index >= 15 is 0 Å². The number of rotatable bonds is 7. The number of carbonyl (C=O) groups is 1. The molecule has 5 nitrogen and oxygen atoms in total. The van der Waals surface area contributed by atoms with Crippen LogP contribution in [0.5, 0.6) is 5.75 Å². The summed E-state index contributed by atoms with van der Waals surface area (Å²) < 4.78 is 7.21. The number of para-hydroxylation sites is 1. The summed E-state index contributed by atoms with van der Waals surface area (Å²) in [5.74, 6) is -0.126. The van der Waals surface area contributed by atoms with Crippen LogP contribution in [0, 0.1) is 0 Å². The minimum atomic E-state index is -0.852. The number of hydrogen-bond acceptors (Lipinski definition) is 4. The van der Waals surface area contributed by atoms with Gasteiger partial charge >= 0.3 is 10.8 Å². The van der Waals surface area contributed by atoms with Gasteiger partial charge in [0.25, 0.3) is 0 Å². The van der Waals surface area contributed by atoms with E-state index in [0.29, 0.717) is 19.6 Å². The first-order chi connectivity index (χ1) is 10.1. The number of aromatic nitrogens is 1. The molecule has 0 atom stereocenters. The highest BCUT2D eigenvalue weighted by Crippen LogP contribution is 2.30. The maximum atomic E-state index is 12.0. The number of hydrogen-bond donors (Lipinski definition) is 1. The Morgan fingerprint density at radius 1 is 1.38 bits per heavy atom. The van der Waals surface area contributed by atoms with E-state index < -0.39 is 5.97 Å². The van der Waals surface area contributed by atoms with Gasteiger partial charge in [0.15, 0.2) is 0 Å². The lowest BCUT2D eigenvalue weighted by atomic mass is 10.1. The Morgan fingerprint density at radius 2 is 2.14 bits per heavy atom. The SMILES string of the molecule is CCOc1ccccc1-c1csc(=O)n1CCCC(=O)O. The molecule has 0 aliphatic carbocycles. The molecule has 112 valence electrons. The maximum Gasteiger partial charge on any atom is 0.307 e. The van der Waals surface area contributed by atoms with E-state index in [-0.39, 0.29) is 11.3 Å². The first kappa shape index (κ1) is 15.3. The van der Waals surface area contributed by atoms with Crippen molar-refractivity contribution in [3.63, 3.8) is 0 Å². The Labute approximate surface area is 126 Å². The van der Waals surface area contributed by atoms with Gasteiger partial charge in [-0.1, -0.05) is 23.5 Å². The van der Waals surface area contributed by atoms with Gasteiger partial charge in [0.2, 0.25) is 0 Å². The average molecular weight is 307 g/mol. The van der Waals surface area contributed by atoms with Crippen LogP contribution in [0.3, 0.4) is 0 Å². The molecule has 1 N–H and O–H groups in total. The minimum Gasteiger partial charge on any atom is -0.493 e. The van der Waals surface area contributed by atoms with E-state index in [4.69, 9.17) is 9.84 Å². The zero-order valence-electron chi connectivity index (χ0n) is 11.7. The van der Waals surface area contributed by atoms with Crippen molar-refractivity contribution in [1.29, 1.82) is 0 Å². The second kappa shape index (κ2) is 7.08. The van der Waals surface area contributed by atoms with Crippen LogP contribution in [0.4, 0.5) is 0 Å². The summed E-state index contributed by atoms with van der Waals surface area (Å²) in [4.78, 5) is 22.5. The quantitative estimate of drug-likeness (QED) is 0.854. The van der Waals surface area contributed by atoms with Gasteiger partial charge in [-0.15, -0.1) is 0 Å². The van der Waals surface area contributed by atoms with Crippen LogP contribution < -0.4 is 9.61 Å². The first-order valence-corrected chi connectivity index (χ1v) is 7.63. The molecule has 0 aliphatic rings. The Bertz CT molecular complexity index is 674. The highest BCUT2D eigenvalue weighted by Gasteiger charge is 2.13. The van der Waals surface area contributed by atoms with Gasteiger partial charge in [0.1, 0.15) is 5.75 Å². The van der Waals surface area contributed by atoms with Gasteiger partial charge < -0.3 is 9.84 Å². The predicted molar refractivity (Wildman–Crippen MR) is 82.1 cm³/mol. The summed E-state index contributed by atoms with van der Waals surface area (Å²) in [5, 5.41) is 10.5. The lowest BCUT2D eigenvalue weighted by Crippen LogP contribution is -2.15. The average Bonchev–Trinajstić information content (AvgIpc) is 2.81. The summed E-state index contributed by atoms with van der Waals surface area (Å²) in [5.41, 5.74) is 1.63. The van der Waals surface area contributed by atoms with E-state index in [9.17, 15) is 9.59 Å². The standard InChI is InChI=1S/C15H17NO4S/c1-2-20-13-7-4-3-6-11(13)12-10-21-15(19)16(12)9-5-8-14(17)18/h3-4,6-7,10H,2,5,8-9H2,1H3,(H,17,18). The van der Waals surface area contributed by atoms with E-state index in [0.717, 1.165) is 28.3 Å². The predicted octanol–water partition coefficient (Wildman–Crippen LogP) is 2.84. The second-order valence-electron chi connectivity index (χ2n) is 4.46. The Balaban J connectivity index is 2.32. The van der Waals surface area contributed by atoms with Crippen molar-refractivity contribution >= 4 is 17.3 Å². The molecule has 0 saturated heterocycles. The number of nitrogens with zero attached hydrogens (tertiary/aromatic N) is 1. The molecule has 2 aromatic rings. The maximum absolute atomic E-state index is 12.0. The van der Waals surface area contributed by atoms with E-state index in [2.05, 4.69) is 0 Å². The second-order valence-corrected chi connectivity index (χ2v) is 5.29. The molecule has 0 unspecified atom stereocenters. The summed E-state index contributed by atoms with van der Waals surface area (Å²) in [6.07, 6.45) is 0.477. The third-order valence-corrected chi connectivity index (χ3v) is 3.78. The summed E-state index contributed by atoms with van der Waals surface area (Å²) in [6, 6.07) is 7.54. The Hall–Kier alpha value is -2.08. The monoisotopic (exact) mass is 307 g/mol. The van der Waals surface area contributed by atoms with Crippen LogP contribution in [0.25, 0.3) is 11.3 Å². The molecule has 1 aromatic carbocycles. The topological polar surface area (TPSA) is 68.5 Å². The molecule has 1 heterocycles. The van der Waals surface area contributed by atoms with Crippen LogP contribution >= 0.6 is 11.3 Å². The first-order valence-electron chi connectivity index (χ1n) is 6.75. The fraction of sp³-hybridized carbons (Fsp3) is 0.333. The number of aliphatic carboxylic acids is 1. The van der Waals surface area contributed by atoms with E-state index in [1.54, 1.807) is 9.95 Å². The van der Waals surface area contributed by atoms with Crippen LogP contribution in [-0.2, 0) is 11.3 Å². The molecular weight excluding hydrogens is 290 g/mol. The highest BCUT2D eigenvalue weighted by molar-refractivity contribution is 7.07. The molecule has 0 radical (unpaired) electrons. The Kier molecular flexibility index (Phi) is 5.16. The van der Waals surface area contributed by atoms with Gasteiger partial charge in [0.05, 0.1) is 12.3 Å². The van der Waals surface area contributed by atoms with Gasteiger partial charge in [-0.2, -0.15) is 0 Å². The molecule has 0 aliphatic heterocycles. The fourth-order valence-electron chi connectivity index (χ4n) is 2.10. The normalized spacial score (nSPS) is 10.5. The molecule has 0 fully saturated rings. The molecular formula is C15H17NO4S. The fourth-order valence-corrected chi connectivity index (χ4v) is 2.88. The van der Waals surface area contributed by atoms with Crippen LogP contribution in [0.1, 0.15) is 19.8 Å². The van der Waals surface area contributed by atoms with Crippen molar-refractivity contribution in [3.05, 3.63) is 39.3 Å². The number of carboxylic acid groups (broad SMARTS) is 1. The summed E-state index contributed by atoms with van der Waals surface area (Å²) in [6.45, 7) is 2.85. The minimum absolute atomic E-state index is 0.0504. The van der Waals surface area contributed by atoms with Crippen molar-refractivity contribution in [2.24, 2.45) is 0 Å². The Morgan fingerprint density at radius 3 is 2.86 bits per heavy atom. The van der Waals surface area contributed by atoms with Gasteiger partial charge in [0, 0.05) is 23.9 Å². The van der Waals surface area contributed by atoms with Crippen molar-refractivity contribution in [1.82, 2.24) is 4.57 Å². The lowest BCUT2D eigenvalue weighted by molar-refractivity contribution is -0.137. The third kappa shape index (κ3) is 3.72. The number of ether oxygens (including phenoxy) is 1. The third-order valence-electron chi connectivity index (χ3n) is 3.02. The molecule has 2 rings (SSSR count). The zero-order chi connectivity index (χ0) is 15.2. The molecule has 1 aromatic heterocycles. The summed E-state index contributed by atoms with van der Waals surface area (Å²) >= 11 is 1.12. The van der Waals surface area contributed by atoms with Gasteiger partial charge in [-0.05, 0) is 25.5 Å². The van der Waals surface area contributed by atoms with Crippen LogP contribution in [0.15, 0.2) is 34.4 Å². The van der Waals surface area contributed by atoms with Gasteiger partial charge in [-0.3, -0.25) is 14.2 Å². The van der Waals surface area contributed by atoms with Gasteiger partial charge in [-0.25, -0.2) is 0 Å². The van der Waals surface area contributed by atoms with Crippen molar-refractivity contribution in [3.8, 4) is 17.0 Å². The molecule has 0 saturated carbocycles. The molecule has 0 bridgehead atoms. The van der Waals surface area contributed by atoms with E-state index in [1.165, 1.54) is 0 Å². The van der Waals surface area contributed by atoms with Crippen LogP contribution in [-0.4, -0.2) is 22.2 Å². The molecule has 6 heteroatoms. The lowest BCUT2D eigenvalue weighted by Gasteiger charge is -2.12. The number of carboxylic acids is 1. The largest absolute Gasteiger partial charge is 0.493 e. The summed E-state index contributed by atoms with van der Waals surface area (Å²) in [7, 11) is 0. The molecule has 21 heavy (non-hydrogen) atoms. The molecule has 0 amide bonds.